The Labute approximate surface area is 154 Å². The minimum Gasteiger partial charge on any atom is -0.365 e. The minimum absolute atomic E-state index is 0.148. The lowest BCUT2D eigenvalue weighted by Crippen LogP contribution is -2.10. The molecule has 1 aromatic carbocycles. The molecule has 11 heteroatoms. The smallest absolute Gasteiger partial charge is 0.357 e. The Hall–Kier alpha value is -2.43. The van der Waals surface area contributed by atoms with Gasteiger partial charge in [0.1, 0.15) is 5.82 Å². The summed E-state index contributed by atoms with van der Waals surface area (Å²) in [6.07, 6.45) is 3.90. The molecule has 0 amide bonds. The largest absolute Gasteiger partial charge is 0.365 e. The topological polar surface area (TPSA) is 122 Å². The van der Waals surface area contributed by atoms with Gasteiger partial charge in [-0.15, -0.1) is 0 Å². The first-order valence-electron chi connectivity index (χ1n) is 7.88. The Morgan fingerprint density at radius 2 is 1.96 bits per heavy atom. The van der Waals surface area contributed by atoms with Crippen LogP contribution in [0.25, 0.3) is 11.0 Å². The highest BCUT2D eigenvalue weighted by molar-refractivity contribution is 7.87. The standard InChI is InChI=1S/C15H15ClN6O3S/c16-15-19-13(12-8-18-22(11-5-6-11)14(12)20-15)17-7-9-1-3-10(4-2-9)21-26(23,24)25/h1-4,8,11,21H,5-7H2,(H,17,19,20)(H,23,24,25). The summed E-state index contributed by atoms with van der Waals surface area (Å²) in [6, 6.07) is 6.95. The fourth-order valence-electron chi connectivity index (χ4n) is 2.65. The molecule has 3 aromatic rings. The number of hydrogen-bond acceptors (Lipinski definition) is 6. The van der Waals surface area contributed by atoms with Crippen molar-refractivity contribution in [3.05, 3.63) is 41.3 Å². The van der Waals surface area contributed by atoms with Crippen molar-refractivity contribution in [1.82, 2.24) is 19.7 Å². The van der Waals surface area contributed by atoms with Crippen LogP contribution in [0.4, 0.5) is 11.5 Å². The van der Waals surface area contributed by atoms with E-state index >= 15 is 0 Å². The molecule has 26 heavy (non-hydrogen) atoms. The molecular formula is C15H15ClN6O3S. The zero-order chi connectivity index (χ0) is 18.3. The highest BCUT2D eigenvalue weighted by Gasteiger charge is 2.27. The highest BCUT2D eigenvalue weighted by Crippen LogP contribution is 2.37. The van der Waals surface area contributed by atoms with Crippen molar-refractivity contribution >= 4 is 44.4 Å². The molecule has 0 saturated heterocycles. The molecule has 0 aliphatic heterocycles. The summed E-state index contributed by atoms with van der Waals surface area (Å²) in [7, 11) is -4.28. The number of rotatable bonds is 6. The molecule has 0 atom stereocenters. The third-order valence-electron chi connectivity index (χ3n) is 3.98. The number of fused-ring (bicyclic) bond motifs is 1. The van der Waals surface area contributed by atoms with E-state index in [1.807, 2.05) is 9.40 Å². The van der Waals surface area contributed by atoms with E-state index in [2.05, 4.69) is 20.4 Å². The third kappa shape index (κ3) is 3.71. The predicted molar refractivity (Wildman–Crippen MR) is 97.5 cm³/mol. The van der Waals surface area contributed by atoms with E-state index in [1.165, 1.54) is 0 Å². The molecule has 3 N–H and O–H groups in total. The number of anilines is 2. The summed E-state index contributed by atoms with van der Waals surface area (Å²) in [5.41, 5.74) is 1.88. The molecule has 2 aromatic heterocycles. The first-order valence-corrected chi connectivity index (χ1v) is 9.70. The van der Waals surface area contributed by atoms with Crippen LogP contribution < -0.4 is 10.0 Å². The Morgan fingerprint density at radius 3 is 2.62 bits per heavy atom. The maximum absolute atomic E-state index is 10.8. The summed E-state index contributed by atoms with van der Waals surface area (Å²) >= 11 is 6.05. The quantitative estimate of drug-likeness (QED) is 0.434. The SMILES string of the molecule is O=S(=O)(O)Nc1ccc(CNc2nc(Cl)nc3c2cnn3C2CC2)cc1. The van der Waals surface area contributed by atoms with Crippen molar-refractivity contribution < 1.29 is 13.0 Å². The second-order valence-electron chi connectivity index (χ2n) is 6.03. The highest BCUT2D eigenvalue weighted by atomic mass is 35.5. The number of nitrogens with one attached hydrogen (secondary N) is 2. The summed E-state index contributed by atoms with van der Waals surface area (Å²) in [4.78, 5) is 8.52. The molecule has 0 radical (unpaired) electrons. The first-order chi connectivity index (χ1) is 12.4. The first kappa shape index (κ1) is 17.0. The van der Waals surface area contributed by atoms with Gasteiger partial charge in [0.25, 0.3) is 0 Å². The zero-order valence-electron chi connectivity index (χ0n) is 13.4. The summed E-state index contributed by atoms with van der Waals surface area (Å²) < 4.78 is 34.3. The van der Waals surface area contributed by atoms with E-state index in [9.17, 15) is 8.42 Å². The van der Waals surface area contributed by atoms with E-state index in [1.54, 1.807) is 30.5 Å². The van der Waals surface area contributed by atoms with Crippen LogP contribution in [-0.2, 0) is 16.8 Å². The molecule has 1 saturated carbocycles. The molecule has 2 heterocycles. The lowest BCUT2D eigenvalue weighted by molar-refractivity contribution is 0.489. The van der Waals surface area contributed by atoms with Crippen molar-refractivity contribution in [1.29, 1.82) is 0 Å². The van der Waals surface area contributed by atoms with Crippen molar-refractivity contribution in [2.45, 2.75) is 25.4 Å². The number of nitrogens with zero attached hydrogens (tertiary/aromatic N) is 4. The monoisotopic (exact) mass is 394 g/mol. The Morgan fingerprint density at radius 1 is 1.23 bits per heavy atom. The average molecular weight is 395 g/mol. The van der Waals surface area contributed by atoms with Gasteiger partial charge < -0.3 is 5.32 Å². The van der Waals surface area contributed by atoms with Crippen LogP contribution in [0, 0.1) is 0 Å². The molecule has 1 aliphatic carbocycles. The second kappa shape index (κ2) is 6.38. The van der Waals surface area contributed by atoms with Crippen LogP contribution in [0.5, 0.6) is 0 Å². The maximum atomic E-state index is 10.8. The molecule has 0 bridgehead atoms. The van der Waals surface area contributed by atoms with Gasteiger partial charge in [-0.3, -0.25) is 9.27 Å². The maximum Gasteiger partial charge on any atom is 0.357 e. The summed E-state index contributed by atoms with van der Waals surface area (Å²) in [5, 5.41) is 8.54. The molecule has 4 rings (SSSR count). The minimum atomic E-state index is -4.28. The van der Waals surface area contributed by atoms with Crippen LogP contribution in [0.15, 0.2) is 30.5 Å². The summed E-state index contributed by atoms with van der Waals surface area (Å²) in [6.45, 7) is 0.448. The van der Waals surface area contributed by atoms with Gasteiger partial charge in [0, 0.05) is 6.54 Å². The molecule has 0 unspecified atom stereocenters. The Kier molecular flexibility index (Phi) is 4.17. The molecule has 1 fully saturated rings. The van der Waals surface area contributed by atoms with Gasteiger partial charge in [-0.1, -0.05) is 12.1 Å². The lowest BCUT2D eigenvalue weighted by atomic mass is 10.2. The molecule has 0 spiro atoms. The molecule has 136 valence electrons. The Balaban J connectivity index is 1.52. The lowest BCUT2D eigenvalue weighted by Gasteiger charge is -2.09. The van der Waals surface area contributed by atoms with E-state index in [4.69, 9.17) is 16.2 Å². The molecule has 9 nitrogen and oxygen atoms in total. The van der Waals surface area contributed by atoms with Crippen molar-refractivity contribution in [2.75, 3.05) is 10.0 Å². The third-order valence-corrected chi connectivity index (χ3v) is 4.64. The van der Waals surface area contributed by atoms with E-state index < -0.39 is 10.3 Å². The van der Waals surface area contributed by atoms with Gasteiger partial charge in [-0.25, -0.2) is 4.68 Å². The number of aromatic nitrogens is 4. The van der Waals surface area contributed by atoms with Gasteiger partial charge in [-0.2, -0.15) is 23.5 Å². The van der Waals surface area contributed by atoms with Crippen LogP contribution in [-0.4, -0.2) is 32.7 Å². The molecule has 1 aliphatic rings. The van der Waals surface area contributed by atoms with Crippen molar-refractivity contribution in [3.63, 3.8) is 0 Å². The van der Waals surface area contributed by atoms with Crippen molar-refractivity contribution in [2.24, 2.45) is 0 Å². The van der Waals surface area contributed by atoms with Gasteiger partial charge in [0.05, 0.1) is 23.3 Å². The fourth-order valence-corrected chi connectivity index (χ4v) is 3.24. The number of halogens is 1. The van der Waals surface area contributed by atoms with Crippen LogP contribution in [0.2, 0.25) is 5.28 Å². The number of benzene rings is 1. The van der Waals surface area contributed by atoms with Gasteiger partial charge in [0.2, 0.25) is 5.28 Å². The van der Waals surface area contributed by atoms with E-state index in [-0.39, 0.29) is 11.0 Å². The van der Waals surface area contributed by atoms with Gasteiger partial charge in [0.15, 0.2) is 5.65 Å². The van der Waals surface area contributed by atoms with E-state index in [0.717, 1.165) is 23.8 Å². The normalized spacial score (nSPS) is 14.5. The average Bonchev–Trinajstić information content (AvgIpc) is 3.32. The van der Waals surface area contributed by atoms with Crippen LogP contribution in [0.1, 0.15) is 24.4 Å². The van der Waals surface area contributed by atoms with E-state index in [0.29, 0.717) is 24.1 Å². The second-order valence-corrected chi connectivity index (χ2v) is 7.52. The summed E-state index contributed by atoms with van der Waals surface area (Å²) in [5.74, 6) is 0.590. The van der Waals surface area contributed by atoms with Gasteiger partial charge in [-0.05, 0) is 42.1 Å². The number of hydrogen-bond donors (Lipinski definition) is 3. The van der Waals surface area contributed by atoms with Crippen LogP contribution >= 0.6 is 11.6 Å². The van der Waals surface area contributed by atoms with Gasteiger partial charge >= 0.3 is 10.3 Å². The van der Waals surface area contributed by atoms with Crippen LogP contribution in [0.3, 0.4) is 0 Å². The Bertz CT molecular complexity index is 1060. The zero-order valence-corrected chi connectivity index (χ0v) is 15.0. The van der Waals surface area contributed by atoms with Crippen molar-refractivity contribution in [3.8, 4) is 0 Å². The molecular weight excluding hydrogens is 380 g/mol. The predicted octanol–water partition coefficient (Wildman–Crippen LogP) is 2.64. The fraction of sp³-hybridized carbons (Fsp3) is 0.267.